The summed E-state index contributed by atoms with van der Waals surface area (Å²) < 4.78 is 5.64. The smallest absolute Gasteiger partial charge is 0.353 e. The Morgan fingerprint density at radius 2 is 1.66 bits per heavy atom. The Hall–Kier alpha value is -3.56. The van der Waals surface area contributed by atoms with Crippen LogP contribution in [0.25, 0.3) is 0 Å². The molecular formula is C26H30N6O3. The van der Waals surface area contributed by atoms with Crippen molar-refractivity contribution in [1.82, 2.24) is 14.9 Å². The molecular weight excluding hydrogens is 444 g/mol. The highest BCUT2D eigenvalue weighted by atomic mass is 16.6. The number of hydrogen-bond donors (Lipinski definition) is 1. The fourth-order valence-electron chi connectivity index (χ4n) is 4.99. The van der Waals surface area contributed by atoms with Crippen molar-refractivity contribution in [2.24, 2.45) is 0 Å². The molecule has 2 aliphatic rings. The van der Waals surface area contributed by atoms with Crippen molar-refractivity contribution in [3.05, 3.63) is 88.2 Å². The fourth-order valence-corrected chi connectivity index (χ4v) is 4.99. The second-order valence-electron chi connectivity index (χ2n) is 8.91. The molecule has 2 aromatic carbocycles. The number of nitrogens with zero attached hydrogens (tertiary/aromatic N) is 5. The van der Waals surface area contributed by atoms with Gasteiger partial charge in [0.25, 0.3) is 0 Å². The Morgan fingerprint density at radius 1 is 1.00 bits per heavy atom. The number of hydrogen-bond acceptors (Lipinski definition) is 8. The molecule has 0 saturated carbocycles. The molecule has 0 spiro atoms. The number of aromatic nitrogens is 2. The lowest BCUT2D eigenvalue weighted by Crippen LogP contribution is -2.48. The number of anilines is 2. The maximum Gasteiger partial charge on any atom is 0.353 e. The molecule has 2 fully saturated rings. The van der Waals surface area contributed by atoms with E-state index in [9.17, 15) is 10.1 Å². The lowest BCUT2D eigenvalue weighted by molar-refractivity contribution is -0.383. The van der Waals surface area contributed by atoms with Crippen molar-refractivity contribution in [1.29, 1.82) is 0 Å². The third-order valence-corrected chi connectivity index (χ3v) is 6.72. The Labute approximate surface area is 204 Å². The van der Waals surface area contributed by atoms with Gasteiger partial charge in [0, 0.05) is 39.3 Å². The molecule has 0 radical (unpaired) electrons. The third-order valence-electron chi connectivity index (χ3n) is 6.72. The topological polar surface area (TPSA) is 96.7 Å². The molecule has 0 bridgehead atoms. The normalized spacial score (nSPS) is 18.7. The van der Waals surface area contributed by atoms with E-state index in [1.807, 2.05) is 17.0 Å². The van der Waals surface area contributed by atoms with Crippen molar-refractivity contribution in [3.8, 4) is 0 Å². The van der Waals surface area contributed by atoms with E-state index in [4.69, 9.17) is 4.74 Å². The Kier molecular flexibility index (Phi) is 7.15. The van der Waals surface area contributed by atoms with Crippen molar-refractivity contribution in [2.75, 3.05) is 49.5 Å². The molecule has 9 nitrogen and oxygen atoms in total. The maximum absolute atomic E-state index is 12.0. The number of ether oxygens (including phenoxy) is 1. The summed E-state index contributed by atoms with van der Waals surface area (Å²) >= 11 is 0. The number of piperazine rings is 1. The zero-order valence-corrected chi connectivity index (χ0v) is 19.6. The molecule has 35 heavy (non-hydrogen) atoms. The van der Waals surface area contributed by atoms with Gasteiger partial charge < -0.3 is 15.0 Å². The molecule has 2 saturated heterocycles. The molecule has 2 aliphatic heterocycles. The zero-order chi connectivity index (χ0) is 24.0. The Bertz CT molecular complexity index is 1080. The summed E-state index contributed by atoms with van der Waals surface area (Å²) in [6.45, 7) is 4.03. The molecule has 3 heterocycles. The first-order valence-corrected chi connectivity index (χ1v) is 12.1. The van der Waals surface area contributed by atoms with Gasteiger partial charge in [0.05, 0.1) is 17.1 Å². The number of benzene rings is 2. The highest BCUT2D eigenvalue weighted by Gasteiger charge is 2.32. The minimum atomic E-state index is -0.379. The summed E-state index contributed by atoms with van der Waals surface area (Å²) in [4.78, 5) is 24.6. The zero-order valence-electron chi connectivity index (χ0n) is 19.6. The molecule has 1 N–H and O–H groups in total. The SMILES string of the molecule is O=[N+]([O-])c1c(NCC2CCCO2)ncnc1N1CCN(C(c2ccccc2)c2ccccc2)CC1. The minimum absolute atomic E-state index is 0.0597. The average Bonchev–Trinajstić information content (AvgIpc) is 3.43. The van der Waals surface area contributed by atoms with Crippen molar-refractivity contribution >= 4 is 17.3 Å². The van der Waals surface area contributed by atoms with E-state index >= 15 is 0 Å². The first-order valence-electron chi connectivity index (χ1n) is 12.1. The molecule has 0 aliphatic carbocycles. The van der Waals surface area contributed by atoms with Crippen molar-refractivity contribution < 1.29 is 9.66 Å². The van der Waals surface area contributed by atoms with Gasteiger partial charge in [0.2, 0.25) is 11.6 Å². The van der Waals surface area contributed by atoms with E-state index in [0.29, 0.717) is 25.5 Å². The van der Waals surface area contributed by atoms with Crippen LogP contribution >= 0.6 is 0 Å². The quantitative estimate of drug-likeness (QED) is 0.388. The predicted molar refractivity (Wildman–Crippen MR) is 135 cm³/mol. The first kappa shape index (κ1) is 23.2. The highest BCUT2D eigenvalue weighted by molar-refractivity contribution is 5.70. The van der Waals surface area contributed by atoms with E-state index in [2.05, 4.69) is 68.7 Å². The van der Waals surface area contributed by atoms with Gasteiger partial charge in [0.1, 0.15) is 6.33 Å². The van der Waals surface area contributed by atoms with E-state index in [-0.39, 0.29) is 28.6 Å². The van der Waals surface area contributed by atoms with Crippen molar-refractivity contribution in [2.45, 2.75) is 25.0 Å². The number of nitrogens with one attached hydrogen (secondary N) is 1. The fraction of sp³-hybridized carbons (Fsp3) is 0.385. The van der Waals surface area contributed by atoms with E-state index < -0.39 is 0 Å². The van der Waals surface area contributed by atoms with Crippen LogP contribution in [0.5, 0.6) is 0 Å². The lowest BCUT2D eigenvalue weighted by Gasteiger charge is -2.40. The van der Waals surface area contributed by atoms with Crippen LogP contribution < -0.4 is 10.2 Å². The number of nitro groups is 1. The van der Waals surface area contributed by atoms with Crippen LogP contribution in [0.4, 0.5) is 17.3 Å². The van der Waals surface area contributed by atoms with Crippen LogP contribution in [0.3, 0.4) is 0 Å². The summed E-state index contributed by atoms with van der Waals surface area (Å²) in [5.74, 6) is 0.625. The monoisotopic (exact) mass is 474 g/mol. The largest absolute Gasteiger partial charge is 0.376 e. The Balaban J connectivity index is 1.34. The second kappa shape index (κ2) is 10.8. The average molecular weight is 475 g/mol. The van der Waals surface area contributed by atoms with E-state index in [1.54, 1.807) is 0 Å². The standard InChI is InChI=1S/C26H30N6O3/c33-32(34)24-25(27-18-22-12-7-17-35-22)28-19-29-26(24)31-15-13-30(14-16-31)23(20-8-3-1-4-9-20)21-10-5-2-6-11-21/h1-6,8-11,19,22-23H,7,12-18H2,(H,27,28,29). The van der Waals surface area contributed by atoms with Crippen LogP contribution in [-0.4, -0.2) is 65.2 Å². The summed E-state index contributed by atoms with van der Waals surface area (Å²) in [7, 11) is 0. The molecule has 3 aromatic rings. The van der Waals surface area contributed by atoms with Gasteiger partial charge in [0.15, 0.2) is 0 Å². The second-order valence-corrected chi connectivity index (χ2v) is 8.91. The maximum atomic E-state index is 12.0. The van der Waals surface area contributed by atoms with Crippen LogP contribution in [0.1, 0.15) is 30.0 Å². The van der Waals surface area contributed by atoms with Crippen LogP contribution in [0.2, 0.25) is 0 Å². The molecule has 1 unspecified atom stereocenters. The van der Waals surface area contributed by atoms with Crippen LogP contribution in [-0.2, 0) is 4.74 Å². The molecule has 1 atom stereocenters. The van der Waals surface area contributed by atoms with Crippen molar-refractivity contribution in [3.63, 3.8) is 0 Å². The van der Waals surface area contributed by atoms with Gasteiger partial charge in [-0.1, -0.05) is 60.7 Å². The summed E-state index contributed by atoms with van der Waals surface area (Å²) in [5.41, 5.74) is 2.41. The van der Waals surface area contributed by atoms with E-state index in [0.717, 1.165) is 32.5 Å². The van der Waals surface area contributed by atoms with Gasteiger partial charge in [-0.25, -0.2) is 9.97 Å². The molecule has 9 heteroatoms. The molecule has 182 valence electrons. The van der Waals surface area contributed by atoms with Gasteiger partial charge in [-0.3, -0.25) is 15.0 Å². The summed E-state index contributed by atoms with van der Waals surface area (Å²) in [5, 5.41) is 15.2. The molecule has 1 aromatic heterocycles. The Morgan fingerprint density at radius 3 is 2.23 bits per heavy atom. The lowest BCUT2D eigenvalue weighted by atomic mass is 9.96. The highest BCUT2D eigenvalue weighted by Crippen LogP contribution is 2.34. The first-order chi connectivity index (χ1) is 17.2. The summed E-state index contributed by atoms with van der Waals surface area (Å²) in [6.07, 6.45) is 3.43. The minimum Gasteiger partial charge on any atom is -0.376 e. The van der Waals surface area contributed by atoms with Gasteiger partial charge >= 0.3 is 5.69 Å². The predicted octanol–water partition coefficient (Wildman–Crippen LogP) is 3.89. The molecule has 5 rings (SSSR count). The van der Waals surface area contributed by atoms with Gasteiger partial charge in [-0.15, -0.1) is 0 Å². The van der Waals surface area contributed by atoms with Crippen LogP contribution in [0, 0.1) is 10.1 Å². The summed E-state index contributed by atoms with van der Waals surface area (Å²) in [6, 6.07) is 21.1. The van der Waals surface area contributed by atoms with Gasteiger partial charge in [-0.05, 0) is 24.0 Å². The van der Waals surface area contributed by atoms with Gasteiger partial charge in [-0.2, -0.15) is 0 Å². The molecule has 0 amide bonds. The van der Waals surface area contributed by atoms with Crippen LogP contribution in [0.15, 0.2) is 67.0 Å². The third kappa shape index (κ3) is 5.26. The number of rotatable bonds is 8. The van der Waals surface area contributed by atoms with E-state index in [1.165, 1.54) is 17.5 Å².